The van der Waals surface area contributed by atoms with E-state index in [1.165, 1.54) is 31.3 Å². The lowest BCUT2D eigenvalue weighted by Gasteiger charge is -2.03. The zero-order valence-electron chi connectivity index (χ0n) is 9.19. The molecule has 17 heavy (non-hydrogen) atoms. The second-order valence-electron chi connectivity index (χ2n) is 3.23. The molecule has 1 aromatic rings. The second-order valence-corrected chi connectivity index (χ2v) is 3.23. The first-order chi connectivity index (χ1) is 8.04. The number of phenols is 1. The summed E-state index contributed by atoms with van der Waals surface area (Å²) in [5, 5.41) is 13.4. The van der Waals surface area contributed by atoms with Gasteiger partial charge in [0.15, 0.2) is 5.78 Å². The van der Waals surface area contributed by atoms with Crippen LogP contribution in [0.4, 0.5) is 0 Å². The summed E-state index contributed by atoms with van der Waals surface area (Å²) >= 11 is 0. The summed E-state index contributed by atoms with van der Waals surface area (Å²) in [5.74, 6) is -1.96. The minimum absolute atomic E-state index is 0.0518. The van der Waals surface area contributed by atoms with Crippen LogP contribution in [0.5, 0.6) is 5.75 Å². The summed E-state index contributed by atoms with van der Waals surface area (Å²) in [7, 11) is 1.32. The standard InChI is InChI=1S/C11H12N2O4/c1-12-10(16)11(17)13-6-9(15)7-2-4-8(14)5-3-7/h2-5,14H,6H2,1H3,(H,12,16)(H,13,17). The lowest BCUT2D eigenvalue weighted by atomic mass is 10.1. The molecule has 0 heterocycles. The number of carbonyl (C=O) groups is 3. The van der Waals surface area contributed by atoms with Gasteiger partial charge >= 0.3 is 11.8 Å². The van der Waals surface area contributed by atoms with Crippen LogP contribution in [-0.2, 0) is 9.59 Å². The Hall–Kier alpha value is -2.37. The van der Waals surface area contributed by atoms with Crippen LogP contribution in [0.2, 0.25) is 0 Å². The van der Waals surface area contributed by atoms with Gasteiger partial charge in [-0.3, -0.25) is 14.4 Å². The SMILES string of the molecule is CNC(=O)C(=O)NCC(=O)c1ccc(O)cc1. The van der Waals surface area contributed by atoms with Crippen molar-refractivity contribution in [3.05, 3.63) is 29.8 Å². The van der Waals surface area contributed by atoms with Crippen molar-refractivity contribution in [3.63, 3.8) is 0 Å². The van der Waals surface area contributed by atoms with Crippen molar-refractivity contribution in [2.75, 3.05) is 13.6 Å². The molecule has 90 valence electrons. The topological polar surface area (TPSA) is 95.5 Å². The molecule has 0 unspecified atom stereocenters. The first kappa shape index (κ1) is 12.7. The van der Waals surface area contributed by atoms with Crippen molar-refractivity contribution in [1.29, 1.82) is 0 Å². The van der Waals surface area contributed by atoms with E-state index in [1.807, 2.05) is 0 Å². The Morgan fingerprint density at radius 1 is 1.12 bits per heavy atom. The van der Waals surface area contributed by atoms with Crippen LogP contribution in [0.3, 0.4) is 0 Å². The second kappa shape index (κ2) is 5.64. The van der Waals surface area contributed by atoms with Gasteiger partial charge in [-0.1, -0.05) is 0 Å². The predicted molar refractivity (Wildman–Crippen MR) is 59.5 cm³/mol. The van der Waals surface area contributed by atoms with E-state index in [-0.39, 0.29) is 18.1 Å². The van der Waals surface area contributed by atoms with Gasteiger partial charge in [0, 0.05) is 12.6 Å². The lowest BCUT2D eigenvalue weighted by Crippen LogP contribution is -2.40. The molecule has 6 heteroatoms. The van der Waals surface area contributed by atoms with Gasteiger partial charge in [-0.05, 0) is 24.3 Å². The summed E-state index contributed by atoms with van der Waals surface area (Å²) in [4.78, 5) is 33.4. The molecule has 0 saturated carbocycles. The summed E-state index contributed by atoms with van der Waals surface area (Å²) < 4.78 is 0. The fourth-order valence-electron chi connectivity index (χ4n) is 1.10. The van der Waals surface area contributed by atoms with E-state index < -0.39 is 11.8 Å². The molecule has 3 N–H and O–H groups in total. The van der Waals surface area contributed by atoms with Gasteiger partial charge in [0.1, 0.15) is 5.75 Å². The van der Waals surface area contributed by atoms with E-state index in [9.17, 15) is 14.4 Å². The number of amides is 2. The van der Waals surface area contributed by atoms with Crippen LogP contribution < -0.4 is 10.6 Å². The minimum Gasteiger partial charge on any atom is -0.508 e. The van der Waals surface area contributed by atoms with Gasteiger partial charge in [0.2, 0.25) is 0 Å². The number of aromatic hydroxyl groups is 1. The molecule has 0 atom stereocenters. The first-order valence-electron chi connectivity index (χ1n) is 4.86. The highest BCUT2D eigenvalue weighted by Gasteiger charge is 2.13. The fraction of sp³-hybridized carbons (Fsp3) is 0.182. The van der Waals surface area contributed by atoms with E-state index in [2.05, 4.69) is 10.6 Å². The fourth-order valence-corrected chi connectivity index (χ4v) is 1.10. The van der Waals surface area contributed by atoms with Crippen molar-refractivity contribution in [3.8, 4) is 5.75 Å². The zero-order chi connectivity index (χ0) is 12.8. The summed E-state index contributed by atoms with van der Waals surface area (Å²) in [6, 6.07) is 5.61. The molecule has 1 aromatic carbocycles. The molecule has 0 aliphatic heterocycles. The van der Waals surface area contributed by atoms with Crippen LogP contribution in [0.1, 0.15) is 10.4 Å². The molecule has 0 saturated heterocycles. The highest BCUT2D eigenvalue weighted by atomic mass is 16.3. The van der Waals surface area contributed by atoms with Crippen LogP contribution in [-0.4, -0.2) is 36.3 Å². The van der Waals surface area contributed by atoms with E-state index in [0.717, 1.165) is 0 Å². The monoisotopic (exact) mass is 236 g/mol. The summed E-state index contributed by atoms with van der Waals surface area (Å²) in [5.41, 5.74) is 0.347. The van der Waals surface area contributed by atoms with E-state index in [1.54, 1.807) is 0 Å². The largest absolute Gasteiger partial charge is 0.508 e. The van der Waals surface area contributed by atoms with Crippen LogP contribution in [0, 0.1) is 0 Å². The number of hydrogen-bond acceptors (Lipinski definition) is 4. The lowest BCUT2D eigenvalue weighted by molar-refractivity contribution is -0.138. The Kier molecular flexibility index (Phi) is 4.21. The number of ketones is 1. The highest BCUT2D eigenvalue weighted by Crippen LogP contribution is 2.09. The molecule has 0 aliphatic carbocycles. The number of phenolic OH excluding ortho intramolecular Hbond substituents is 1. The molecule has 0 aromatic heterocycles. The van der Waals surface area contributed by atoms with Crippen molar-refractivity contribution >= 4 is 17.6 Å². The van der Waals surface area contributed by atoms with Crippen molar-refractivity contribution in [2.45, 2.75) is 0 Å². The molecule has 6 nitrogen and oxygen atoms in total. The maximum absolute atomic E-state index is 11.5. The molecular weight excluding hydrogens is 224 g/mol. The van der Waals surface area contributed by atoms with Gasteiger partial charge in [0.25, 0.3) is 0 Å². The van der Waals surface area contributed by atoms with E-state index >= 15 is 0 Å². The molecular formula is C11H12N2O4. The number of carbonyl (C=O) groups excluding carboxylic acids is 3. The van der Waals surface area contributed by atoms with Gasteiger partial charge < -0.3 is 15.7 Å². The Labute approximate surface area is 97.6 Å². The average Bonchev–Trinajstić information content (AvgIpc) is 2.35. The zero-order valence-corrected chi connectivity index (χ0v) is 9.19. The van der Waals surface area contributed by atoms with Crippen LogP contribution in [0.15, 0.2) is 24.3 Å². The maximum atomic E-state index is 11.5. The summed E-state index contributed by atoms with van der Waals surface area (Å²) in [6.45, 7) is -0.267. The number of nitrogens with one attached hydrogen (secondary N) is 2. The molecule has 0 spiro atoms. The third-order valence-corrected chi connectivity index (χ3v) is 2.03. The Balaban J connectivity index is 2.53. The van der Waals surface area contributed by atoms with Crippen molar-refractivity contribution < 1.29 is 19.5 Å². The molecule has 0 aliphatic rings. The smallest absolute Gasteiger partial charge is 0.309 e. The van der Waals surface area contributed by atoms with Crippen molar-refractivity contribution in [1.82, 2.24) is 10.6 Å². The highest BCUT2D eigenvalue weighted by molar-refractivity contribution is 6.35. The Morgan fingerprint density at radius 2 is 1.71 bits per heavy atom. The maximum Gasteiger partial charge on any atom is 0.309 e. The minimum atomic E-state index is -0.861. The quantitative estimate of drug-likeness (QED) is 0.484. The third kappa shape index (κ3) is 3.60. The molecule has 1 rings (SSSR count). The van der Waals surface area contributed by atoms with Crippen LogP contribution >= 0.6 is 0 Å². The third-order valence-electron chi connectivity index (χ3n) is 2.03. The number of likely N-dealkylation sites (N-methyl/N-ethyl adjacent to an activating group) is 1. The average molecular weight is 236 g/mol. The van der Waals surface area contributed by atoms with E-state index in [0.29, 0.717) is 5.56 Å². The Bertz CT molecular complexity index is 439. The number of Topliss-reactive ketones (excluding diaryl/α,β-unsaturated/α-hetero) is 1. The van der Waals surface area contributed by atoms with Crippen molar-refractivity contribution in [2.24, 2.45) is 0 Å². The first-order valence-corrected chi connectivity index (χ1v) is 4.86. The molecule has 0 bridgehead atoms. The normalized spacial score (nSPS) is 9.47. The predicted octanol–water partition coefficient (Wildman–Crippen LogP) is -0.563. The number of rotatable bonds is 3. The Morgan fingerprint density at radius 3 is 2.24 bits per heavy atom. The van der Waals surface area contributed by atoms with Gasteiger partial charge in [-0.2, -0.15) is 0 Å². The van der Waals surface area contributed by atoms with Gasteiger partial charge in [0.05, 0.1) is 6.54 Å². The van der Waals surface area contributed by atoms with E-state index in [4.69, 9.17) is 5.11 Å². The van der Waals surface area contributed by atoms with Gasteiger partial charge in [-0.15, -0.1) is 0 Å². The number of hydrogen-bond donors (Lipinski definition) is 3. The molecule has 0 fully saturated rings. The molecule has 2 amide bonds. The summed E-state index contributed by atoms with van der Waals surface area (Å²) in [6.07, 6.45) is 0. The van der Waals surface area contributed by atoms with Crippen LogP contribution in [0.25, 0.3) is 0 Å². The molecule has 0 radical (unpaired) electrons. The number of benzene rings is 1. The van der Waals surface area contributed by atoms with Gasteiger partial charge in [-0.25, -0.2) is 0 Å².